The first-order valence-corrected chi connectivity index (χ1v) is 8.41. The van der Waals surface area contributed by atoms with Gasteiger partial charge in [0, 0.05) is 30.1 Å². The second-order valence-corrected chi connectivity index (χ2v) is 6.19. The van der Waals surface area contributed by atoms with Gasteiger partial charge in [-0.1, -0.05) is 66.2 Å². The molecule has 0 aliphatic rings. The van der Waals surface area contributed by atoms with Gasteiger partial charge in [-0.05, 0) is 28.5 Å². The normalized spacial score (nSPS) is 11.2. The molecule has 0 aliphatic carbocycles. The topological polar surface area (TPSA) is 24.9 Å². The Bertz CT molecular complexity index is 939. The Morgan fingerprint density at radius 3 is 1.88 bits per heavy atom. The Morgan fingerprint density at radius 2 is 1.29 bits per heavy atom. The Kier molecular flexibility index (Phi) is 4.16. The summed E-state index contributed by atoms with van der Waals surface area (Å²) in [5, 5.41) is 8.96. The largest absolute Gasteiger partial charge is 0.307 e. The van der Waals surface area contributed by atoms with Crippen molar-refractivity contribution in [2.24, 2.45) is 0 Å². The number of hydrogen-bond acceptors (Lipinski definition) is 2. The molecule has 0 radical (unpaired) electrons. The van der Waals surface area contributed by atoms with Crippen molar-refractivity contribution in [2.75, 3.05) is 0 Å². The van der Waals surface area contributed by atoms with Gasteiger partial charge in [-0.25, -0.2) is 0 Å². The van der Waals surface area contributed by atoms with Crippen LogP contribution in [0.2, 0.25) is 5.02 Å². The minimum atomic E-state index is 0.742. The first kappa shape index (κ1) is 15.1. The van der Waals surface area contributed by atoms with E-state index in [2.05, 4.69) is 46.7 Å². The van der Waals surface area contributed by atoms with Crippen LogP contribution in [0.4, 0.5) is 0 Å². The van der Waals surface area contributed by atoms with Gasteiger partial charge in [-0.2, -0.15) is 0 Å². The third-order valence-electron chi connectivity index (χ3n) is 4.31. The van der Waals surface area contributed by atoms with Crippen LogP contribution in [0.5, 0.6) is 0 Å². The van der Waals surface area contributed by atoms with Gasteiger partial charge in [0.2, 0.25) is 0 Å². The summed E-state index contributed by atoms with van der Waals surface area (Å²) in [6.45, 7) is 1.51. The predicted molar refractivity (Wildman–Crippen MR) is 101 cm³/mol. The van der Waals surface area contributed by atoms with Gasteiger partial charge in [0.25, 0.3) is 0 Å². The zero-order chi connectivity index (χ0) is 16.4. The van der Waals surface area contributed by atoms with Crippen LogP contribution >= 0.6 is 11.6 Å². The molecule has 118 valence electrons. The lowest BCUT2D eigenvalue weighted by Crippen LogP contribution is -2.14. The summed E-state index contributed by atoms with van der Waals surface area (Å²) in [5.41, 5.74) is 2.32. The summed E-state index contributed by atoms with van der Waals surface area (Å²) >= 11 is 6.65. The molecule has 3 aromatic carbocycles. The average molecular weight is 333 g/mol. The van der Waals surface area contributed by atoms with Crippen LogP contribution in [0.15, 0.2) is 72.9 Å². The number of aromatic nitrogens is 1. The van der Waals surface area contributed by atoms with E-state index in [4.69, 9.17) is 11.6 Å². The lowest BCUT2D eigenvalue weighted by molar-refractivity contribution is 0.685. The van der Waals surface area contributed by atoms with Crippen LogP contribution in [-0.4, -0.2) is 4.98 Å². The maximum absolute atomic E-state index is 6.65. The summed E-state index contributed by atoms with van der Waals surface area (Å²) < 4.78 is 0. The predicted octanol–water partition coefficient (Wildman–Crippen LogP) is 5.33. The molecule has 1 heterocycles. The second-order valence-electron chi connectivity index (χ2n) is 5.81. The number of nitrogens with one attached hydrogen (secondary N) is 1. The molecule has 0 spiro atoms. The zero-order valence-corrected chi connectivity index (χ0v) is 13.9. The van der Waals surface area contributed by atoms with E-state index >= 15 is 0 Å². The highest BCUT2D eigenvalue weighted by molar-refractivity contribution is 6.41. The molecule has 2 nitrogen and oxygen atoms in total. The molecule has 0 amide bonds. The highest BCUT2D eigenvalue weighted by atomic mass is 35.5. The Labute approximate surface area is 146 Å². The van der Waals surface area contributed by atoms with Crippen molar-refractivity contribution in [2.45, 2.75) is 13.1 Å². The molecule has 0 saturated carbocycles. The molecule has 1 aromatic heterocycles. The monoisotopic (exact) mass is 332 g/mol. The van der Waals surface area contributed by atoms with Crippen LogP contribution in [-0.2, 0) is 13.1 Å². The van der Waals surface area contributed by atoms with E-state index in [1.807, 2.05) is 36.5 Å². The summed E-state index contributed by atoms with van der Waals surface area (Å²) in [5.74, 6) is 0. The Morgan fingerprint density at radius 1 is 0.708 bits per heavy atom. The van der Waals surface area contributed by atoms with Crippen molar-refractivity contribution < 1.29 is 0 Å². The highest BCUT2D eigenvalue weighted by Gasteiger charge is 2.11. The number of nitrogens with zero attached hydrogens (tertiary/aromatic N) is 1. The number of hydrogen-bond donors (Lipinski definition) is 1. The van der Waals surface area contributed by atoms with E-state index in [-0.39, 0.29) is 0 Å². The van der Waals surface area contributed by atoms with E-state index in [1.165, 1.54) is 16.3 Å². The number of halogens is 1. The second kappa shape index (κ2) is 6.60. The van der Waals surface area contributed by atoms with E-state index in [9.17, 15) is 0 Å². The lowest BCUT2D eigenvalue weighted by Gasteiger charge is -2.14. The lowest BCUT2D eigenvalue weighted by atomic mass is 9.96. The molecule has 24 heavy (non-hydrogen) atoms. The van der Waals surface area contributed by atoms with E-state index in [0.717, 1.165) is 34.6 Å². The molecule has 0 atom stereocenters. The molecular weight excluding hydrogens is 316 g/mol. The van der Waals surface area contributed by atoms with Crippen LogP contribution in [0, 0.1) is 0 Å². The average Bonchev–Trinajstić information content (AvgIpc) is 2.65. The standard InChI is InChI=1S/C21H17ClN2/c22-21-18-10-3-1-8-16(18)20(17-9-2-4-11-19(17)21)14-23-13-15-7-5-6-12-24-15/h1-12,23H,13-14H2. The van der Waals surface area contributed by atoms with Crippen molar-refractivity contribution in [1.82, 2.24) is 10.3 Å². The smallest absolute Gasteiger partial charge is 0.0562 e. The highest BCUT2D eigenvalue weighted by Crippen LogP contribution is 2.35. The fraction of sp³-hybridized carbons (Fsp3) is 0.0952. The van der Waals surface area contributed by atoms with Gasteiger partial charge < -0.3 is 5.32 Å². The molecule has 1 N–H and O–H groups in total. The summed E-state index contributed by atoms with van der Waals surface area (Å²) in [6.07, 6.45) is 1.82. The van der Waals surface area contributed by atoms with E-state index in [1.54, 1.807) is 0 Å². The first-order chi connectivity index (χ1) is 11.8. The third kappa shape index (κ3) is 2.75. The van der Waals surface area contributed by atoms with Crippen LogP contribution in [0.1, 0.15) is 11.3 Å². The van der Waals surface area contributed by atoms with Crippen molar-refractivity contribution in [1.29, 1.82) is 0 Å². The fourth-order valence-electron chi connectivity index (χ4n) is 3.17. The molecule has 3 heteroatoms. The molecule has 0 unspecified atom stereocenters. The first-order valence-electron chi connectivity index (χ1n) is 8.03. The maximum Gasteiger partial charge on any atom is 0.0562 e. The van der Waals surface area contributed by atoms with Gasteiger partial charge >= 0.3 is 0 Å². The third-order valence-corrected chi connectivity index (χ3v) is 4.72. The fourth-order valence-corrected chi connectivity index (χ4v) is 3.50. The Hall–Kier alpha value is -2.42. The molecule has 4 rings (SSSR count). The van der Waals surface area contributed by atoms with Gasteiger partial charge in [0.15, 0.2) is 0 Å². The molecule has 0 aliphatic heterocycles. The molecule has 0 bridgehead atoms. The summed E-state index contributed by atoms with van der Waals surface area (Å²) in [7, 11) is 0. The number of rotatable bonds is 4. The number of pyridine rings is 1. The van der Waals surface area contributed by atoms with Crippen molar-refractivity contribution in [3.8, 4) is 0 Å². The van der Waals surface area contributed by atoms with Crippen molar-refractivity contribution >= 4 is 33.1 Å². The maximum atomic E-state index is 6.65. The minimum Gasteiger partial charge on any atom is -0.307 e. The zero-order valence-electron chi connectivity index (χ0n) is 13.2. The van der Waals surface area contributed by atoms with Gasteiger partial charge in [0.1, 0.15) is 0 Å². The summed E-state index contributed by atoms with van der Waals surface area (Å²) in [6, 6.07) is 22.6. The number of benzene rings is 3. The van der Waals surface area contributed by atoms with Crippen molar-refractivity contribution in [3.63, 3.8) is 0 Å². The van der Waals surface area contributed by atoms with Gasteiger partial charge in [-0.3, -0.25) is 4.98 Å². The van der Waals surface area contributed by atoms with Crippen LogP contribution in [0.25, 0.3) is 21.5 Å². The SMILES string of the molecule is Clc1c2ccccc2c(CNCc2ccccn2)c2ccccc12. The van der Waals surface area contributed by atoms with E-state index in [0.29, 0.717) is 0 Å². The van der Waals surface area contributed by atoms with E-state index < -0.39 is 0 Å². The molecule has 4 aromatic rings. The molecule has 0 fully saturated rings. The van der Waals surface area contributed by atoms with Crippen LogP contribution in [0.3, 0.4) is 0 Å². The Balaban J connectivity index is 1.76. The molecule has 0 saturated heterocycles. The number of fused-ring (bicyclic) bond motifs is 2. The molecular formula is C21H17ClN2. The van der Waals surface area contributed by atoms with Gasteiger partial charge in [-0.15, -0.1) is 0 Å². The quantitative estimate of drug-likeness (QED) is 0.511. The summed E-state index contributed by atoms with van der Waals surface area (Å²) in [4.78, 5) is 4.37. The van der Waals surface area contributed by atoms with Crippen LogP contribution < -0.4 is 5.32 Å². The van der Waals surface area contributed by atoms with Crippen molar-refractivity contribution in [3.05, 3.63) is 89.2 Å². The van der Waals surface area contributed by atoms with Gasteiger partial charge in [0.05, 0.1) is 10.7 Å². The minimum absolute atomic E-state index is 0.742.